The third kappa shape index (κ3) is 3.98. The van der Waals surface area contributed by atoms with Crippen LogP contribution >= 0.6 is 10.7 Å². The van der Waals surface area contributed by atoms with Crippen LogP contribution in [0.25, 0.3) is 0 Å². The zero-order valence-corrected chi connectivity index (χ0v) is 14.7. The van der Waals surface area contributed by atoms with Crippen LogP contribution in [-0.2, 0) is 13.8 Å². The molecule has 4 nitrogen and oxygen atoms in total. The van der Waals surface area contributed by atoms with E-state index in [-0.39, 0.29) is 22.5 Å². The molecule has 0 N–H and O–H groups in total. The minimum Gasteiger partial charge on any atom is -0.459 e. The Morgan fingerprint density at radius 2 is 1.67 bits per heavy atom. The lowest BCUT2D eigenvalue weighted by molar-refractivity contribution is 0.0236. The number of aryl methyl sites for hydroxylation is 2. The third-order valence-electron chi connectivity index (χ3n) is 3.58. The molecule has 0 aliphatic heterocycles. The van der Waals surface area contributed by atoms with E-state index in [0.29, 0.717) is 16.7 Å². The maximum atomic E-state index is 12.3. The van der Waals surface area contributed by atoms with Gasteiger partial charge in [-0.2, -0.15) is 0 Å². The molecule has 1 rings (SSSR count). The Labute approximate surface area is 130 Å². The highest BCUT2D eigenvalue weighted by Crippen LogP contribution is 2.29. The lowest BCUT2D eigenvalue weighted by Crippen LogP contribution is -2.22. The van der Waals surface area contributed by atoms with E-state index in [9.17, 15) is 13.2 Å². The minimum atomic E-state index is -3.92. The zero-order valence-electron chi connectivity index (χ0n) is 13.2. The molecule has 0 bridgehead atoms. The molecule has 118 valence electrons. The van der Waals surface area contributed by atoms with Gasteiger partial charge in [-0.1, -0.05) is 19.9 Å². The largest absolute Gasteiger partial charge is 0.459 e. The Kier molecular flexibility index (Phi) is 5.45. The van der Waals surface area contributed by atoms with Gasteiger partial charge in [0, 0.05) is 10.7 Å². The molecule has 6 heteroatoms. The van der Waals surface area contributed by atoms with Crippen LogP contribution in [-0.4, -0.2) is 20.5 Å². The van der Waals surface area contributed by atoms with Crippen LogP contribution in [0, 0.1) is 26.7 Å². The first kappa shape index (κ1) is 18.0. The van der Waals surface area contributed by atoms with Crippen molar-refractivity contribution in [3.8, 4) is 0 Å². The van der Waals surface area contributed by atoms with Gasteiger partial charge >= 0.3 is 5.97 Å². The maximum Gasteiger partial charge on any atom is 0.338 e. The van der Waals surface area contributed by atoms with Crippen molar-refractivity contribution in [3.63, 3.8) is 0 Å². The van der Waals surface area contributed by atoms with Gasteiger partial charge in [0.05, 0.1) is 10.5 Å². The van der Waals surface area contributed by atoms with Gasteiger partial charge in [-0.25, -0.2) is 13.2 Å². The van der Waals surface area contributed by atoms with Crippen LogP contribution < -0.4 is 0 Å². The van der Waals surface area contributed by atoms with Gasteiger partial charge < -0.3 is 4.74 Å². The standard InChI is InChI=1S/C15H21ClO4S/c1-8(2)12(6)20-15(17)13-9(3)7-10(4)14(11(13)5)21(16,18)19/h7-8,12H,1-6H3. The van der Waals surface area contributed by atoms with Crippen molar-refractivity contribution >= 4 is 25.7 Å². The summed E-state index contributed by atoms with van der Waals surface area (Å²) in [6, 6.07) is 1.64. The molecule has 0 aliphatic carbocycles. The monoisotopic (exact) mass is 332 g/mol. The number of hydrogen-bond acceptors (Lipinski definition) is 4. The van der Waals surface area contributed by atoms with Gasteiger partial charge in [-0.3, -0.25) is 0 Å². The summed E-state index contributed by atoms with van der Waals surface area (Å²) < 4.78 is 28.8. The molecule has 0 saturated carbocycles. The Morgan fingerprint density at radius 1 is 1.14 bits per heavy atom. The van der Waals surface area contributed by atoms with Crippen LogP contribution in [0.3, 0.4) is 0 Å². The van der Waals surface area contributed by atoms with Crippen molar-refractivity contribution in [2.45, 2.75) is 52.5 Å². The fourth-order valence-corrected chi connectivity index (χ4v) is 3.84. The molecule has 1 atom stereocenters. The van der Waals surface area contributed by atoms with Gasteiger partial charge in [0.1, 0.15) is 6.10 Å². The first-order valence-electron chi connectivity index (χ1n) is 6.73. The Hall–Kier alpha value is -1.07. The fraction of sp³-hybridized carbons (Fsp3) is 0.533. The zero-order chi connectivity index (χ0) is 16.5. The molecule has 0 saturated heterocycles. The van der Waals surface area contributed by atoms with E-state index in [4.69, 9.17) is 15.4 Å². The van der Waals surface area contributed by atoms with Crippen molar-refractivity contribution < 1.29 is 17.9 Å². The molecular formula is C15H21ClO4S. The quantitative estimate of drug-likeness (QED) is 0.622. The topological polar surface area (TPSA) is 60.4 Å². The number of ether oxygens (including phenoxy) is 1. The summed E-state index contributed by atoms with van der Waals surface area (Å²) in [6.45, 7) is 10.7. The molecule has 1 unspecified atom stereocenters. The lowest BCUT2D eigenvalue weighted by Gasteiger charge is -2.19. The van der Waals surface area contributed by atoms with E-state index in [1.807, 2.05) is 13.8 Å². The van der Waals surface area contributed by atoms with Crippen LogP contribution in [0.1, 0.15) is 47.8 Å². The van der Waals surface area contributed by atoms with Crippen molar-refractivity contribution in [1.82, 2.24) is 0 Å². The number of halogens is 1. The summed E-state index contributed by atoms with van der Waals surface area (Å²) in [5.74, 6) is -0.344. The Bertz CT molecular complexity index is 663. The molecule has 1 aromatic carbocycles. The summed E-state index contributed by atoms with van der Waals surface area (Å²) in [6.07, 6.45) is -0.256. The average Bonchev–Trinajstić information content (AvgIpc) is 2.25. The summed E-state index contributed by atoms with van der Waals surface area (Å²) >= 11 is 0. The summed E-state index contributed by atoms with van der Waals surface area (Å²) in [5.41, 5.74) is 1.80. The summed E-state index contributed by atoms with van der Waals surface area (Å²) in [7, 11) is 1.56. The fourth-order valence-electron chi connectivity index (χ4n) is 2.22. The normalized spacial score (nSPS) is 13.3. The molecule has 1 aromatic rings. The first-order valence-corrected chi connectivity index (χ1v) is 9.04. The van der Waals surface area contributed by atoms with Crippen molar-refractivity contribution in [3.05, 3.63) is 28.3 Å². The van der Waals surface area contributed by atoms with Crippen molar-refractivity contribution in [1.29, 1.82) is 0 Å². The number of carbonyl (C=O) groups is 1. The van der Waals surface area contributed by atoms with E-state index in [1.54, 1.807) is 33.8 Å². The highest BCUT2D eigenvalue weighted by atomic mass is 35.7. The second-order valence-electron chi connectivity index (χ2n) is 5.63. The average molecular weight is 333 g/mol. The maximum absolute atomic E-state index is 12.3. The lowest BCUT2D eigenvalue weighted by atomic mass is 9.99. The smallest absolute Gasteiger partial charge is 0.338 e. The van der Waals surface area contributed by atoms with Crippen molar-refractivity contribution in [2.75, 3.05) is 0 Å². The van der Waals surface area contributed by atoms with E-state index < -0.39 is 15.0 Å². The molecule has 0 radical (unpaired) electrons. The van der Waals surface area contributed by atoms with Crippen LogP contribution in [0.5, 0.6) is 0 Å². The van der Waals surface area contributed by atoms with Gasteiger partial charge in [-0.05, 0) is 50.3 Å². The molecule has 0 heterocycles. The molecule has 0 amide bonds. The van der Waals surface area contributed by atoms with E-state index in [2.05, 4.69) is 0 Å². The third-order valence-corrected chi connectivity index (χ3v) is 5.16. The highest BCUT2D eigenvalue weighted by Gasteiger charge is 2.25. The molecule has 21 heavy (non-hydrogen) atoms. The molecule has 0 fully saturated rings. The summed E-state index contributed by atoms with van der Waals surface area (Å²) in [4.78, 5) is 12.3. The van der Waals surface area contributed by atoms with Gasteiger partial charge in [0.25, 0.3) is 9.05 Å². The highest BCUT2D eigenvalue weighted by molar-refractivity contribution is 8.13. The molecule has 0 aliphatic rings. The summed E-state index contributed by atoms with van der Waals surface area (Å²) in [5, 5.41) is 0. The molecule has 0 aromatic heterocycles. The second kappa shape index (κ2) is 6.36. The van der Waals surface area contributed by atoms with Crippen molar-refractivity contribution in [2.24, 2.45) is 5.92 Å². The predicted octanol–water partition coefficient (Wildman–Crippen LogP) is 3.74. The van der Waals surface area contributed by atoms with E-state index in [1.165, 1.54) is 0 Å². The van der Waals surface area contributed by atoms with Gasteiger partial charge in [-0.15, -0.1) is 0 Å². The minimum absolute atomic E-state index is 0.0149. The Morgan fingerprint density at radius 3 is 2.10 bits per heavy atom. The number of esters is 1. The molecular weight excluding hydrogens is 312 g/mol. The number of carbonyl (C=O) groups excluding carboxylic acids is 1. The van der Waals surface area contributed by atoms with E-state index in [0.717, 1.165) is 0 Å². The number of rotatable bonds is 4. The van der Waals surface area contributed by atoms with Crippen LogP contribution in [0.15, 0.2) is 11.0 Å². The Balaban J connectivity index is 3.41. The number of hydrogen-bond donors (Lipinski definition) is 0. The molecule has 0 spiro atoms. The first-order chi connectivity index (χ1) is 9.46. The SMILES string of the molecule is Cc1cc(C)c(S(=O)(=O)Cl)c(C)c1C(=O)OC(C)C(C)C. The van der Waals surface area contributed by atoms with Crippen LogP contribution in [0.4, 0.5) is 0 Å². The van der Waals surface area contributed by atoms with Crippen LogP contribution in [0.2, 0.25) is 0 Å². The number of benzene rings is 1. The second-order valence-corrected chi connectivity index (χ2v) is 8.13. The van der Waals surface area contributed by atoms with Gasteiger partial charge in [0.2, 0.25) is 0 Å². The van der Waals surface area contributed by atoms with E-state index >= 15 is 0 Å². The van der Waals surface area contributed by atoms with Gasteiger partial charge in [0.15, 0.2) is 0 Å². The predicted molar refractivity (Wildman–Crippen MR) is 83.4 cm³/mol.